The molecule has 0 fully saturated rings. The van der Waals surface area contributed by atoms with Gasteiger partial charge in [-0.05, 0) is 77.6 Å². The van der Waals surface area contributed by atoms with E-state index >= 15 is 0 Å². The van der Waals surface area contributed by atoms with Crippen molar-refractivity contribution in [3.05, 3.63) is 172 Å². The van der Waals surface area contributed by atoms with E-state index in [2.05, 4.69) is 62.1 Å². The summed E-state index contributed by atoms with van der Waals surface area (Å²) >= 11 is 0. The average molecular weight is 953 g/mol. The Hall–Kier alpha value is -8.44. The largest absolute Gasteiger partial charge is 0.489 e. The van der Waals surface area contributed by atoms with E-state index in [1.165, 1.54) is 26.2 Å². The summed E-state index contributed by atoms with van der Waals surface area (Å²) < 4.78 is 12.6. The number of allylic oxidation sites excluding steroid dienone is 2. The van der Waals surface area contributed by atoms with Crippen LogP contribution in [-0.2, 0) is 51.7 Å². The molecular weight excluding hydrogens is 897 g/mol. The second kappa shape index (κ2) is 24.7. The van der Waals surface area contributed by atoms with Gasteiger partial charge in [0.15, 0.2) is 0 Å². The number of pyridine rings is 2. The lowest BCUT2D eigenvalue weighted by molar-refractivity contribution is -0.119. The van der Waals surface area contributed by atoms with Crippen LogP contribution in [0.15, 0.2) is 128 Å². The Bertz CT molecular complexity index is 2950. The second-order valence-corrected chi connectivity index (χ2v) is 16.9. The molecule has 5 aromatic rings. The first-order chi connectivity index (χ1) is 34.6. The minimum atomic E-state index is -0.172. The fourth-order valence-electron chi connectivity index (χ4n) is 8.59. The van der Waals surface area contributed by atoms with Crippen LogP contribution >= 0.6 is 0 Å². The van der Waals surface area contributed by atoms with Gasteiger partial charge in [-0.15, -0.1) is 0 Å². The molecule has 0 aliphatic carbocycles. The van der Waals surface area contributed by atoms with Gasteiger partial charge in [-0.25, -0.2) is 0 Å². The Balaban J connectivity index is 1.09. The molecule has 4 heterocycles. The van der Waals surface area contributed by atoms with Crippen molar-refractivity contribution in [3.63, 3.8) is 0 Å². The Labute approximate surface area is 413 Å². The number of rotatable bonds is 22. The van der Waals surface area contributed by atoms with Crippen LogP contribution in [0.4, 0.5) is 11.4 Å². The van der Waals surface area contributed by atoms with Gasteiger partial charge in [-0.3, -0.25) is 29.1 Å². The van der Waals surface area contributed by atoms with Crippen molar-refractivity contribution in [3.8, 4) is 29.0 Å². The lowest BCUT2D eigenvalue weighted by Gasteiger charge is -2.20. The van der Waals surface area contributed by atoms with E-state index in [0.29, 0.717) is 105 Å². The number of aromatic nitrogens is 2. The van der Waals surface area contributed by atoms with E-state index in [9.17, 15) is 29.7 Å². The fourth-order valence-corrected chi connectivity index (χ4v) is 8.59. The lowest BCUT2D eigenvalue weighted by Crippen LogP contribution is -2.31. The third kappa shape index (κ3) is 13.2. The number of ether oxygens (including phenoxy) is 2. The van der Waals surface area contributed by atoms with E-state index < -0.39 is 0 Å². The molecule has 16 nitrogen and oxygen atoms in total. The number of benzene rings is 3. The van der Waals surface area contributed by atoms with Gasteiger partial charge in [0, 0.05) is 137 Å². The van der Waals surface area contributed by atoms with Crippen molar-refractivity contribution in [2.45, 2.75) is 52.9 Å². The van der Waals surface area contributed by atoms with Crippen molar-refractivity contribution < 1.29 is 28.7 Å². The zero-order valence-corrected chi connectivity index (χ0v) is 39.9. The van der Waals surface area contributed by atoms with Gasteiger partial charge < -0.3 is 40.5 Å². The molecule has 0 unspecified atom stereocenters. The highest BCUT2D eigenvalue weighted by Gasteiger charge is 2.31. The zero-order valence-electron chi connectivity index (χ0n) is 39.9. The molecule has 71 heavy (non-hydrogen) atoms. The number of nitrogens with zero attached hydrogens (tertiary/aromatic N) is 6. The number of amides is 4. The molecular formula is C55H56N10O6. The molecule has 3 aromatic carbocycles. The number of nitrogens with one attached hydrogen (secondary N) is 4. The molecule has 0 bridgehead atoms. The van der Waals surface area contributed by atoms with E-state index in [1.807, 2.05) is 41.3 Å². The third-order valence-electron chi connectivity index (χ3n) is 11.9. The fraction of sp³-hybridized carbons (Fsp3) is 0.273. The maximum absolute atomic E-state index is 14.4. The summed E-state index contributed by atoms with van der Waals surface area (Å²) in [4.78, 5) is 63.3. The normalized spacial score (nSPS) is 12.8. The van der Waals surface area contributed by atoms with E-state index in [0.717, 1.165) is 44.8 Å². The summed E-state index contributed by atoms with van der Waals surface area (Å²) in [5.74, 6) is 0.481. The first-order valence-corrected chi connectivity index (χ1v) is 23.4. The predicted octanol–water partition coefficient (Wildman–Crippen LogP) is 6.11. The molecule has 0 saturated carbocycles. The van der Waals surface area contributed by atoms with Crippen molar-refractivity contribution in [1.82, 2.24) is 31.2 Å². The number of anilines is 2. The summed E-state index contributed by atoms with van der Waals surface area (Å²) in [6.45, 7) is 10.8. The van der Waals surface area contributed by atoms with Crippen LogP contribution in [0.25, 0.3) is 11.1 Å². The van der Waals surface area contributed by atoms with Crippen LogP contribution in [-0.4, -0.2) is 79.4 Å². The highest BCUT2D eigenvalue weighted by molar-refractivity contribution is 6.08. The standard InChI is InChI=1S/C55H56N10O6/c1-4-7-44(33-58-18-20-62-37(2)66)52(70-35-41-24-39(27-56)29-60-31-41)14-15-54(68)64-22-16-48-46(8-5-10-50(48)64)47-9-6-11-51-49(47)17-23-65(51)55(69)43-12-13-45(34-59-19-21-63-38(3)67)53(26-43)71-36-42-25-40(28-57)30-61-32-42/h4-14,24-26,29-32,58-59H,1,15-23,33-36H2,2-3H3,(H,62,66)(H,63,67)/b44-7-,52-14+. The average Bonchev–Trinajstić information content (AvgIpc) is 4.03. The van der Waals surface area contributed by atoms with Gasteiger partial charge in [-0.2, -0.15) is 10.5 Å². The van der Waals surface area contributed by atoms with Crippen molar-refractivity contribution >= 4 is 35.0 Å². The Morgan fingerprint density at radius 1 is 0.746 bits per heavy atom. The summed E-state index contributed by atoms with van der Waals surface area (Å²) in [7, 11) is 0. The zero-order chi connectivity index (χ0) is 50.1. The highest BCUT2D eigenvalue weighted by atomic mass is 16.5. The maximum atomic E-state index is 14.4. The van der Waals surface area contributed by atoms with Gasteiger partial charge in [0.2, 0.25) is 17.7 Å². The van der Waals surface area contributed by atoms with Gasteiger partial charge >= 0.3 is 0 Å². The van der Waals surface area contributed by atoms with E-state index in [4.69, 9.17) is 9.47 Å². The summed E-state index contributed by atoms with van der Waals surface area (Å²) in [5.41, 5.74) is 10.0. The number of hydrogen-bond acceptors (Lipinski definition) is 12. The van der Waals surface area contributed by atoms with Crippen molar-refractivity contribution in [2.24, 2.45) is 0 Å². The minimum absolute atomic E-state index is 0.0438. The van der Waals surface area contributed by atoms with Crippen molar-refractivity contribution in [2.75, 3.05) is 55.6 Å². The number of hydrogen-bond donors (Lipinski definition) is 4. The maximum Gasteiger partial charge on any atom is 0.258 e. The SMILES string of the molecule is C=C/C=C(CNCCNC(C)=O)\C(=C/CC(=O)N1CCc2c(-c3cccc4c3CCN4C(=O)c3ccc(CNCCNC(C)=O)c(OCc4cncc(C#N)c4)c3)cccc21)OCc1cncc(C#N)c1. The monoisotopic (exact) mass is 952 g/mol. The predicted molar refractivity (Wildman–Crippen MR) is 270 cm³/mol. The number of carbonyl (C=O) groups excluding carboxylic acids is 4. The van der Waals surface area contributed by atoms with Gasteiger partial charge in [0.1, 0.15) is 36.9 Å². The number of nitriles is 2. The Kier molecular flexibility index (Phi) is 17.6. The van der Waals surface area contributed by atoms with Crippen LogP contribution in [0, 0.1) is 22.7 Å². The van der Waals surface area contributed by atoms with Gasteiger partial charge in [-0.1, -0.05) is 49.1 Å². The molecule has 0 spiro atoms. The molecule has 4 amide bonds. The summed E-state index contributed by atoms with van der Waals surface area (Å²) in [6.07, 6.45) is 12.8. The molecule has 4 N–H and O–H groups in total. The smallest absolute Gasteiger partial charge is 0.258 e. The molecule has 2 aliphatic rings. The van der Waals surface area contributed by atoms with E-state index in [1.54, 1.807) is 53.7 Å². The Morgan fingerprint density at radius 3 is 1.97 bits per heavy atom. The van der Waals surface area contributed by atoms with Crippen LogP contribution < -0.4 is 35.8 Å². The second-order valence-electron chi connectivity index (χ2n) is 16.9. The summed E-state index contributed by atoms with van der Waals surface area (Å²) in [6, 6.07) is 25.1. The van der Waals surface area contributed by atoms with Crippen LogP contribution in [0.1, 0.15) is 69.6 Å². The third-order valence-corrected chi connectivity index (χ3v) is 11.9. The first kappa shape index (κ1) is 50.4. The lowest BCUT2D eigenvalue weighted by atomic mass is 9.93. The molecule has 16 heteroatoms. The molecule has 2 aromatic heterocycles. The van der Waals surface area contributed by atoms with Crippen LogP contribution in [0.5, 0.6) is 5.75 Å². The van der Waals surface area contributed by atoms with Gasteiger partial charge in [0.05, 0.1) is 11.1 Å². The van der Waals surface area contributed by atoms with Crippen LogP contribution in [0.3, 0.4) is 0 Å². The first-order valence-electron chi connectivity index (χ1n) is 23.4. The quantitative estimate of drug-likeness (QED) is 0.0351. The van der Waals surface area contributed by atoms with E-state index in [-0.39, 0.29) is 43.3 Å². The minimum Gasteiger partial charge on any atom is -0.489 e. The molecule has 2 aliphatic heterocycles. The van der Waals surface area contributed by atoms with Gasteiger partial charge in [0.25, 0.3) is 5.91 Å². The molecule has 0 atom stereocenters. The molecule has 7 rings (SSSR count). The molecule has 362 valence electrons. The topological polar surface area (TPSA) is 215 Å². The summed E-state index contributed by atoms with van der Waals surface area (Å²) in [5, 5.41) is 31.0. The molecule has 0 radical (unpaired) electrons. The number of fused-ring (bicyclic) bond motifs is 2. The van der Waals surface area contributed by atoms with Crippen molar-refractivity contribution in [1.29, 1.82) is 10.5 Å². The number of carbonyl (C=O) groups is 4. The Morgan fingerprint density at radius 2 is 1.35 bits per heavy atom. The molecule has 0 saturated heterocycles. The van der Waals surface area contributed by atoms with Crippen LogP contribution in [0.2, 0.25) is 0 Å². The highest BCUT2D eigenvalue weighted by Crippen LogP contribution is 2.42.